The first-order valence-corrected chi connectivity index (χ1v) is 19.1. The Balaban J connectivity index is 0.000000143. The first-order chi connectivity index (χ1) is 26.7. The van der Waals surface area contributed by atoms with E-state index >= 15 is 0 Å². The zero-order valence-corrected chi connectivity index (χ0v) is 30.1. The Morgan fingerprint density at radius 2 is 1.28 bits per heavy atom. The zero-order chi connectivity index (χ0) is 36.0. The Hall–Kier alpha value is -5.99. The molecule has 6 heterocycles. The summed E-state index contributed by atoms with van der Waals surface area (Å²) in [6, 6.07) is 39.7. The van der Waals surface area contributed by atoms with Crippen LogP contribution in [0.1, 0.15) is 62.4 Å². The number of aromatic nitrogens is 2. The second-order valence-electron chi connectivity index (χ2n) is 14.6. The number of hydrogen-bond acceptors (Lipinski definition) is 5. The second-order valence-corrected chi connectivity index (χ2v) is 14.6. The van der Waals surface area contributed by atoms with Gasteiger partial charge >= 0.3 is 6.09 Å². The molecule has 0 saturated heterocycles. The maximum absolute atomic E-state index is 13.3. The van der Waals surface area contributed by atoms with Crippen molar-refractivity contribution in [1.82, 2.24) is 20.2 Å². The van der Waals surface area contributed by atoms with E-state index in [1.54, 1.807) is 0 Å². The van der Waals surface area contributed by atoms with Gasteiger partial charge in [-0.15, -0.1) is 0 Å². The van der Waals surface area contributed by atoms with Crippen LogP contribution < -0.4 is 14.8 Å². The van der Waals surface area contributed by atoms with Gasteiger partial charge in [0.1, 0.15) is 24.1 Å². The number of H-pyrrole nitrogens is 2. The molecule has 0 unspecified atom stereocenters. The lowest BCUT2D eigenvalue weighted by molar-refractivity contribution is 0.0832. The van der Waals surface area contributed by atoms with Gasteiger partial charge in [-0.3, -0.25) is 4.90 Å². The average molecular weight is 715 g/mol. The summed E-state index contributed by atoms with van der Waals surface area (Å²) in [6.07, 6.45) is 3.51. The Bertz CT molecular complexity index is 2500. The summed E-state index contributed by atoms with van der Waals surface area (Å²) >= 11 is 0. The number of para-hydroxylation sites is 2. The summed E-state index contributed by atoms with van der Waals surface area (Å²) in [5.41, 5.74) is 13.4. The molecular weight excluding hydrogens is 673 g/mol. The van der Waals surface area contributed by atoms with E-state index in [-0.39, 0.29) is 24.8 Å². The van der Waals surface area contributed by atoms with Gasteiger partial charge in [-0.25, -0.2) is 4.79 Å². The number of amides is 1. The maximum atomic E-state index is 13.3. The van der Waals surface area contributed by atoms with Crippen molar-refractivity contribution in [3.63, 3.8) is 0 Å². The summed E-state index contributed by atoms with van der Waals surface area (Å²) in [5.74, 6) is 2.00. The van der Waals surface area contributed by atoms with Crippen LogP contribution in [0.5, 0.6) is 11.5 Å². The second kappa shape index (κ2) is 13.8. The number of nitrogens with one attached hydrogen (secondary N) is 3. The molecule has 4 aliphatic rings. The summed E-state index contributed by atoms with van der Waals surface area (Å²) in [7, 11) is 0. The highest BCUT2D eigenvalue weighted by Crippen LogP contribution is 2.41. The molecule has 54 heavy (non-hydrogen) atoms. The van der Waals surface area contributed by atoms with Gasteiger partial charge in [0, 0.05) is 59.1 Å². The van der Waals surface area contributed by atoms with E-state index < -0.39 is 0 Å². The van der Waals surface area contributed by atoms with E-state index in [2.05, 4.69) is 88.1 Å². The van der Waals surface area contributed by atoms with Crippen molar-refractivity contribution < 1.29 is 19.0 Å². The fraction of sp³-hybridized carbons (Fsp3) is 0.239. The summed E-state index contributed by atoms with van der Waals surface area (Å²) in [6.45, 7) is 3.42. The summed E-state index contributed by atoms with van der Waals surface area (Å²) in [5, 5.41) is 6.27. The van der Waals surface area contributed by atoms with Crippen LogP contribution in [0.2, 0.25) is 0 Å². The minimum Gasteiger partial charge on any atom is -0.493 e. The molecule has 1 amide bonds. The fourth-order valence-corrected chi connectivity index (χ4v) is 8.81. The van der Waals surface area contributed by atoms with Crippen molar-refractivity contribution in [1.29, 1.82) is 0 Å². The third kappa shape index (κ3) is 5.87. The highest BCUT2D eigenvalue weighted by molar-refractivity contribution is 5.86. The number of ether oxygens (including phenoxy) is 3. The van der Waals surface area contributed by atoms with Gasteiger partial charge in [0.2, 0.25) is 0 Å². The lowest BCUT2D eigenvalue weighted by atomic mass is 9.91. The zero-order valence-electron chi connectivity index (χ0n) is 30.1. The van der Waals surface area contributed by atoms with Crippen LogP contribution in [-0.4, -0.2) is 47.3 Å². The number of fused-ring (bicyclic) bond motifs is 8. The number of rotatable bonds is 4. The van der Waals surface area contributed by atoms with Crippen molar-refractivity contribution in [2.24, 2.45) is 0 Å². The van der Waals surface area contributed by atoms with Gasteiger partial charge in [0.25, 0.3) is 0 Å². The Morgan fingerprint density at radius 3 is 2.00 bits per heavy atom. The van der Waals surface area contributed by atoms with Crippen LogP contribution >= 0.6 is 0 Å². The van der Waals surface area contributed by atoms with E-state index in [1.807, 2.05) is 47.4 Å². The standard InChI is InChI=1S/C27H24N2O3.C19H18N2O/c30-27(32-17-18-6-2-1-3-7-18)29-14-12-22-21-8-4-5-9-23(21)28-25(22)26(29)20-10-11-24-19(16-20)13-15-31-24;1-2-4-16-14(3-1)15-7-9-20-18(19(15)21-16)13-5-6-17-12(11-13)8-10-22-17/h1-11,16,26,28H,12-15,17H2;1-6,11,18,20-21H,7-10H2/t26-;18-/m11/s1. The predicted octanol–water partition coefficient (Wildman–Crippen LogP) is 8.73. The van der Waals surface area contributed by atoms with Crippen molar-refractivity contribution in [3.8, 4) is 11.5 Å². The molecule has 0 saturated carbocycles. The van der Waals surface area contributed by atoms with Gasteiger partial charge in [-0.2, -0.15) is 0 Å². The van der Waals surface area contributed by atoms with Crippen LogP contribution in [0.25, 0.3) is 21.8 Å². The summed E-state index contributed by atoms with van der Waals surface area (Å²) in [4.78, 5) is 22.4. The molecule has 4 aliphatic heterocycles. The average Bonchev–Trinajstić information content (AvgIpc) is 4.04. The number of aromatic amines is 2. The molecule has 7 aromatic rings. The first kappa shape index (κ1) is 32.6. The summed E-state index contributed by atoms with van der Waals surface area (Å²) < 4.78 is 17.1. The van der Waals surface area contributed by atoms with Crippen LogP contribution in [0, 0.1) is 0 Å². The number of benzene rings is 5. The number of carbonyl (C=O) groups excluding carboxylic acids is 1. The normalized spacial score (nSPS) is 18.1. The third-order valence-electron chi connectivity index (χ3n) is 11.4. The number of carbonyl (C=O) groups is 1. The van der Waals surface area contributed by atoms with Gasteiger partial charge < -0.3 is 29.5 Å². The minimum atomic E-state index is -0.292. The molecule has 0 radical (unpaired) electrons. The molecule has 2 aromatic heterocycles. The van der Waals surface area contributed by atoms with Gasteiger partial charge in [-0.1, -0.05) is 84.9 Å². The Labute approximate surface area is 314 Å². The topological polar surface area (TPSA) is 91.6 Å². The van der Waals surface area contributed by atoms with Gasteiger partial charge in [0.05, 0.1) is 19.3 Å². The number of hydrogen-bond donors (Lipinski definition) is 3. The molecule has 0 bridgehead atoms. The quantitative estimate of drug-likeness (QED) is 0.170. The van der Waals surface area contributed by atoms with E-state index in [0.717, 1.165) is 72.7 Å². The lowest BCUT2D eigenvalue weighted by Gasteiger charge is -2.35. The van der Waals surface area contributed by atoms with Crippen LogP contribution in [-0.2, 0) is 37.0 Å². The maximum Gasteiger partial charge on any atom is 0.410 e. The van der Waals surface area contributed by atoms with Crippen LogP contribution in [0.3, 0.4) is 0 Å². The van der Waals surface area contributed by atoms with Crippen molar-refractivity contribution >= 4 is 27.9 Å². The monoisotopic (exact) mass is 714 g/mol. The molecule has 8 heteroatoms. The van der Waals surface area contributed by atoms with E-state index in [9.17, 15) is 4.79 Å². The van der Waals surface area contributed by atoms with Gasteiger partial charge in [0.15, 0.2) is 0 Å². The molecule has 2 atom stereocenters. The third-order valence-corrected chi connectivity index (χ3v) is 11.4. The Morgan fingerprint density at radius 1 is 0.667 bits per heavy atom. The fourth-order valence-electron chi connectivity index (χ4n) is 8.81. The van der Waals surface area contributed by atoms with E-state index in [1.165, 1.54) is 49.8 Å². The van der Waals surface area contributed by atoms with Crippen LogP contribution in [0.15, 0.2) is 115 Å². The molecule has 5 aromatic carbocycles. The molecule has 0 spiro atoms. The minimum absolute atomic E-state index is 0.222. The highest BCUT2D eigenvalue weighted by atomic mass is 16.6. The van der Waals surface area contributed by atoms with Gasteiger partial charge in [-0.05, 0) is 82.1 Å². The molecular formula is C46H42N4O4. The molecule has 3 N–H and O–H groups in total. The molecule has 0 fully saturated rings. The van der Waals surface area contributed by atoms with E-state index in [0.29, 0.717) is 13.2 Å². The highest BCUT2D eigenvalue weighted by Gasteiger charge is 2.36. The lowest BCUT2D eigenvalue weighted by Crippen LogP contribution is -2.40. The molecule has 11 rings (SSSR count). The van der Waals surface area contributed by atoms with Crippen molar-refractivity contribution in [3.05, 3.63) is 166 Å². The molecule has 8 nitrogen and oxygen atoms in total. The molecule has 0 aliphatic carbocycles. The first-order valence-electron chi connectivity index (χ1n) is 19.1. The largest absolute Gasteiger partial charge is 0.493 e. The van der Waals surface area contributed by atoms with Crippen LogP contribution in [0.4, 0.5) is 4.79 Å². The number of nitrogens with zero attached hydrogens (tertiary/aromatic N) is 1. The smallest absolute Gasteiger partial charge is 0.410 e. The SMILES string of the molecule is O=C(OCc1ccccc1)N1CCc2c([nH]c3ccccc23)[C@H]1c1ccc2c(c1)CCO2.c1ccc2c3c([nH]c2c1)[C@@H](c1ccc2c(c1)CCO2)NCC3. The predicted molar refractivity (Wildman–Crippen MR) is 210 cm³/mol. The Kier molecular flexibility index (Phi) is 8.32. The van der Waals surface area contributed by atoms with Crippen molar-refractivity contribution in [2.45, 2.75) is 44.4 Å². The molecule has 270 valence electrons. The van der Waals surface area contributed by atoms with E-state index in [4.69, 9.17) is 14.2 Å². The van der Waals surface area contributed by atoms with Crippen molar-refractivity contribution in [2.75, 3.05) is 26.3 Å².